The van der Waals surface area contributed by atoms with Gasteiger partial charge in [-0.05, 0) is 62.3 Å². The monoisotopic (exact) mass is 413 g/mol. The van der Waals surface area contributed by atoms with Crippen LogP contribution in [-0.2, 0) is 6.54 Å². The van der Waals surface area contributed by atoms with Crippen molar-refractivity contribution in [1.29, 1.82) is 0 Å². The first-order valence-electron chi connectivity index (χ1n) is 11.1. The number of ether oxygens (including phenoxy) is 1. The number of guanidine groups is 1. The van der Waals surface area contributed by atoms with Crippen molar-refractivity contribution in [2.75, 3.05) is 13.7 Å². The molecule has 0 bridgehead atoms. The predicted molar refractivity (Wildman–Crippen MR) is 116 cm³/mol. The molecule has 1 aromatic carbocycles. The maximum Gasteiger partial charge on any atom is 0.191 e. The maximum atomic E-state index is 14.4. The average Bonchev–Trinajstić information content (AvgIpc) is 3.21. The maximum absolute atomic E-state index is 14.4. The number of aliphatic imine (C=N–C) groups is 1. The van der Waals surface area contributed by atoms with Crippen molar-refractivity contribution in [3.63, 3.8) is 0 Å². The normalized spacial score (nSPS) is 18.4. The zero-order valence-electron chi connectivity index (χ0n) is 17.9. The van der Waals surface area contributed by atoms with Crippen molar-refractivity contribution >= 4 is 5.96 Å². The number of nitrogens with zero attached hydrogens (tertiary/aromatic N) is 3. The highest BCUT2D eigenvalue weighted by Crippen LogP contribution is 2.31. The highest BCUT2D eigenvalue weighted by atomic mass is 19.1. The third-order valence-corrected chi connectivity index (χ3v) is 6.00. The van der Waals surface area contributed by atoms with Crippen LogP contribution in [0.1, 0.15) is 68.8 Å². The summed E-state index contributed by atoms with van der Waals surface area (Å²) in [7, 11) is 1.73. The summed E-state index contributed by atoms with van der Waals surface area (Å²) in [5.74, 6) is 1.27. The topological polar surface area (TPSA) is 63.5 Å². The van der Waals surface area contributed by atoms with E-state index in [1.165, 1.54) is 44.6 Å². The van der Waals surface area contributed by atoms with Gasteiger partial charge >= 0.3 is 0 Å². The van der Waals surface area contributed by atoms with Gasteiger partial charge in [0.15, 0.2) is 17.5 Å². The van der Waals surface area contributed by atoms with Crippen LogP contribution in [0.15, 0.2) is 35.5 Å². The summed E-state index contributed by atoms with van der Waals surface area (Å²) < 4.78 is 22.1. The number of hydrogen-bond donors (Lipinski definition) is 2. The summed E-state index contributed by atoms with van der Waals surface area (Å²) >= 11 is 0. The highest BCUT2D eigenvalue weighted by molar-refractivity contribution is 5.80. The van der Waals surface area contributed by atoms with Gasteiger partial charge in [-0.25, -0.2) is 4.39 Å². The molecular weight excluding hydrogens is 381 g/mol. The lowest BCUT2D eigenvalue weighted by molar-refractivity contribution is 0.285. The fraction of sp³-hybridized carbons (Fsp3) is 0.565. The molecule has 0 radical (unpaired) electrons. The van der Waals surface area contributed by atoms with Crippen LogP contribution in [0.3, 0.4) is 0 Å². The molecule has 2 saturated carbocycles. The standard InChI is InChI=1S/C23H32FN5O/c1-16(18-9-10-22(21(24)13-18)30-15-17-7-8-17)27-23(25-2)26-14-19-11-12-29(28-19)20-5-3-4-6-20/h9-13,16-17,20H,3-8,14-15H2,1-2H3,(H2,25,26,27). The molecule has 4 rings (SSSR count). The first-order valence-corrected chi connectivity index (χ1v) is 11.1. The summed E-state index contributed by atoms with van der Waals surface area (Å²) in [6.07, 6.45) is 9.47. The van der Waals surface area contributed by atoms with Crippen LogP contribution in [0.5, 0.6) is 5.75 Å². The molecule has 0 amide bonds. The molecule has 162 valence electrons. The van der Waals surface area contributed by atoms with E-state index in [0.717, 1.165) is 11.3 Å². The summed E-state index contributed by atoms with van der Waals surface area (Å²) in [5.41, 5.74) is 1.83. The lowest BCUT2D eigenvalue weighted by Crippen LogP contribution is -2.38. The molecule has 1 atom stereocenters. The van der Waals surface area contributed by atoms with Crippen LogP contribution in [0, 0.1) is 11.7 Å². The first-order chi connectivity index (χ1) is 14.6. The molecule has 0 spiro atoms. The SMILES string of the molecule is CN=C(NCc1ccn(C2CCCC2)n1)NC(C)c1ccc(OCC2CC2)c(F)c1. The third-order valence-electron chi connectivity index (χ3n) is 6.00. The predicted octanol–water partition coefficient (Wildman–Crippen LogP) is 4.35. The van der Waals surface area contributed by atoms with Crippen LogP contribution in [-0.4, -0.2) is 29.4 Å². The second kappa shape index (κ2) is 9.49. The molecule has 1 aromatic heterocycles. The van der Waals surface area contributed by atoms with Crippen LogP contribution in [0.25, 0.3) is 0 Å². The molecule has 30 heavy (non-hydrogen) atoms. The van der Waals surface area contributed by atoms with E-state index in [1.807, 2.05) is 13.0 Å². The Hall–Kier alpha value is -2.57. The first kappa shape index (κ1) is 20.7. The van der Waals surface area contributed by atoms with E-state index in [0.29, 0.717) is 36.8 Å². The molecule has 7 heteroatoms. The van der Waals surface area contributed by atoms with Gasteiger partial charge in [-0.1, -0.05) is 18.9 Å². The Morgan fingerprint density at radius 3 is 2.77 bits per heavy atom. The van der Waals surface area contributed by atoms with Crippen LogP contribution < -0.4 is 15.4 Å². The molecule has 2 aromatic rings. The van der Waals surface area contributed by atoms with Crippen molar-refractivity contribution in [1.82, 2.24) is 20.4 Å². The fourth-order valence-corrected chi connectivity index (χ4v) is 3.90. The van der Waals surface area contributed by atoms with Gasteiger partial charge < -0.3 is 15.4 Å². The Balaban J connectivity index is 1.29. The molecule has 0 aliphatic heterocycles. The fourth-order valence-electron chi connectivity index (χ4n) is 3.90. The summed E-state index contributed by atoms with van der Waals surface area (Å²) in [6, 6.07) is 7.66. The van der Waals surface area contributed by atoms with Crippen molar-refractivity contribution in [3.8, 4) is 5.75 Å². The quantitative estimate of drug-likeness (QED) is 0.499. The molecule has 2 aliphatic rings. The number of hydrogen-bond acceptors (Lipinski definition) is 3. The van der Waals surface area contributed by atoms with Crippen molar-refractivity contribution in [2.24, 2.45) is 10.9 Å². The number of halogens is 1. The molecule has 1 unspecified atom stereocenters. The molecule has 2 fully saturated rings. The second-order valence-electron chi connectivity index (χ2n) is 8.46. The van der Waals surface area contributed by atoms with E-state index < -0.39 is 0 Å². The van der Waals surface area contributed by atoms with Gasteiger partial charge in [0.1, 0.15) is 0 Å². The van der Waals surface area contributed by atoms with E-state index >= 15 is 0 Å². The summed E-state index contributed by atoms with van der Waals surface area (Å²) in [6.45, 7) is 3.19. The highest BCUT2D eigenvalue weighted by Gasteiger charge is 2.22. The molecule has 2 N–H and O–H groups in total. The Labute approximate surface area is 177 Å². The van der Waals surface area contributed by atoms with Crippen molar-refractivity contribution in [2.45, 2.75) is 64.1 Å². The van der Waals surface area contributed by atoms with Crippen LogP contribution >= 0.6 is 0 Å². The van der Waals surface area contributed by atoms with Gasteiger partial charge in [-0.15, -0.1) is 0 Å². The van der Waals surface area contributed by atoms with Gasteiger partial charge in [0.2, 0.25) is 0 Å². The lowest BCUT2D eigenvalue weighted by Gasteiger charge is -2.19. The molecule has 2 aliphatic carbocycles. The van der Waals surface area contributed by atoms with Gasteiger partial charge in [0, 0.05) is 13.2 Å². The second-order valence-corrected chi connectivity index (χ2v) is 8.46. The Kier molecular flexibility index (Phi) is 6.55. The Morgan fingerprint density at radius 2 is 2.07 bits per heavy atom. The van der Waals surface area contributed by atoms with Crippen LogP contribution in [0.4, 0.5) is 4.39 Å². The molecular formula is C23H32FN5O. The zero-order chi connectivity index (χ0) is 20.9. The van der Waals surface area contributed by atoms with Crippen LogP contribution in [0.2, 0.25) is 0 Å². The third kappa shape index (κ3) is 5.32. The van der Waals surface area contributed by atoms with E-state index in [-0.39, 0.29) is 11.9 Å². The van der Waals surface area contributed by atoms with E-state index in [4.69, 9.17) is 9.84 Å². The number of aromatic nitrogens is 2. The van der Waals surface area contributed by atoms with Crippen molar-refractivity contribution < 1.29 is 9.13 Å². The molecule has 1 heterocycles. The minimum atomic E-state index is -0.317. The average molecular weight is 414 g/mol. The minimum absolute atomic E-state index is 0.0979. The zero-order valence-corrected chi connectivity index (χ0v) is 17.9. The van der Waals surface area contributed by atoms with Gasteiger partial charge in [0.05, 0.1) is 30.9 Å². The van der Waals surface area contributed by atoms with Gasteiger partial charge in [0.25, 0.3) is 0 Å². The van der Waals surface area contributed by atoms with Crippen molar-refractivity contribution in [3.05, 3.63) is 47.5 Å². The molecule has 6 nitrogen and oxygen atoms in total. The smallest absolute Gasteiger partial charge is 0.191 e. The van der Waals surface area contributed by atoms with Gasteiger partial charge in [-0.2, -0.15) is 5.10 Å². The number of nitrogens with one attached hydrogen (secondary N) is 2. The van der Waals surface area contributed by atoms with E-state index in [9.17, 15) is 4.39 Å². The Morgan fingerprint density at radius 1 is 1.27 bits per heavy atom. The van der Waals surface area contributed by atoms with E-state index in [1.54, 1.807) is 13.1 Å². The van der Waals surface area contributed by atoms with Gasteiger partial charge in [-0.3, -0.25) is 9.67 Å². The Bertz CT molecular complexity index is 870. The summed E-state index contributed by atoms with van der Waals surface area (Å²) in [5, 5.41) is 11.3. The lowest BCUT2D eigenvalue weighted by atomic mass is 10.1. The number of rotatable bonds is 8. The molecule has 0 saturated heterocycles. The largest absolute Gasteiger partial charge is 0.490 e. The number of benzene rings is 1. The van der Waals surface area contributed by atoms with E-state index in [2.05, 4.69) is 32.6 Å². The summed E-state index contributed by atoms with van der Waals surface area (Å²) in [4.78, 5) is 4.29. The minimum Gasteiger partial charge on any atom is -0.490 e.